The van der Waals surface area contributed by atoms with Gasteiger partial charge in [0.1, 0.15) is 5.76 Å². The minimum atomic E-state index is -2.98. The fourth-order valence-electron chi connectivity index (χ4n) is 6.51. The van der Waals surface area contributed by atoms with E-state index in [1.165, 1.54) is 6.08 Å². The van der Waals surface area contributed by atoms with Crippen molar-refractivity contribution < 1.29 is 18.6 Å². The van der Waals surface area contributed by atoms with Gasteiger partial charge in [0.25, 0.3) is 5.56 Å². The molecular weight excluding hydrogens is 516 g/mol. The third kappa shape index (κ3) is 4.64. The van der Waals surface area contributed by atoms with Crippen molar-refractivity contribution in [1.29, 1.82) is 0 Å². The second-order valence-corrected chi connectivity index (χ2v) is 11.1. The van der Waals surface area contributed by atoms with Crippen molar-refractivity contribution >= 4 is 16.9 Å². The lowest BCUT2D eigenvalue weighted by Crippen LogP contribution is -2.49. The van der Waals surface area contributed by atoms with Crippen LogP contribution < -0.4 is 10.5 Å². The summed E-state index contributed by atoms with van der Waals surface area (Å²) in [6.45, 7) is 5.09. The Morgan fingerprint density at radius 2 is 1.90 bits per heavy atom. The van der Waals surface area contributed by atoms with Crippen molar-refractivity contribution in [1.82, 2.24) is 19.3 Å². The summed E-state index contributed by atoms with van der Waals surface area (Å²) in [7, 11) is 0. The number of aliphatic hydroxyl groups excluding tert-OH is 1. The van der Waals surface area contributed by atoms with Crippen LogP contribution >= 0.6 is 0 Å². The summed E-state index contributed by atoms with van der Waals surface area (Å²) in [6, 6.07) is 5.19. The van der Waals surface area contributed by atoms with Gasteiger partial charge in [-0.1, -0.05) is 24.8 Å². The highest BCUT2D eigenvalue weighted by molar-refractivity contribution is 5.84. The molecule has 3 aromatic rings. The third-order valence-electron chi connectivity index (χ3n) is 8.67. The quantitative estimate of drug-likeness (QED) is 0.322. The number of alkyl halides is 2. The summed E-state index contributed by atoms with van der Waals surface area (Å²) in [5, 5.41) is 10.3. The largest absolute Gasteiger partial charge is 0.434 e. The van der Waals surface area contributed by atoms with Crippen LogP contribution in [0.5, 0.6) is 0 Å². The van der Waals surface area contributed by atoms with E-state index in [1.807, 2.05) is 16.8 Å². The number of aliphatic hydroxyl groups is 1. The number of allylic oxidation sites excluding steroid dienone is 4. The molecule has 0 bridgehead atoms. The van der Waals surface area contributed by atoms with Crippen molar-refractivity contribution in [3.05, 3.63) is 77.1 Å². The van der Waals surface area contributed by atoms with Gasteiger partial charge in [0.2, 0.25) is 5.95 Å². The van der Waals surface area contributed by atoms with Gasteiger partial charge in [-0.2, -0.15) is 8.78 Å². The Bertz CT molecular complexity index is 1540. The molecule has 40 heavy (non-hydrogen) atoms. The molecule has 2 fully saturated rings. The molecule has 210 valence electrons. The van der Waals surface area contributed by atoms with Crippen LogP contribution in [0.25, 0.3) is 22.0 Å². The predicted molar refractivity (Wildman–Crippen MR) is 149 cm³/mol. The zero-order valence-corrected chi connectivity index (χ0v) is 22.5. The molecule has 2 aliphatic heterocycles. The number of hydrogen-bond acceptors (Lipinski definition) is 6. The Hall–Kier alpha value is -3.79. The third-order valence-corrected chi connectivity index (χ3v) is 8.67. The van der Waals surface area contributed by atoms with E-state index in [0.29, 0.717) is 40.8 Å². The van der Waals surface area contributed by atoms with Gasteiger partial charge in [-0.05, 0) is 68.2 Å². The summed E-state index contributed by atoms with van der Waals surface area (Å²) in [5.74, 6) is 0.689. The number of halogens is 2. The molecule has 1 saturated carbocycles. The highest BCUT2D eigenvalue weighted by Gasteiger charge is 2.45. The highest BCUT2D eigenvalue weighted by Crippen LogP contribution is 2.49. The number of fused-ring (bicyclic) bond motifs is 3. The van der Waals surface area contributed by atoms with E-state index in [2.05, 4.69) is 21.4 Å². The fourth-order valence-corrected chi connectivity index (χ4v) is 6.51. The number of piperidine rings is 1. The van der Waals surface area contributed by atoms with Gasteiger partial charge < -0.3 is 14.7 Å². The average molecular weight is 550 g/mol. The summed E-state index contributed by atoms with van der Waals surface area (Å²) in [4.78, 5) is 24.6. The average Bonchev–Trinajstić information content (AvgIpc) is 3.49. The van der Waals surface area contributed by atoms with Crippen molar-refractivity contribution in [3.8, 4) is 11.1 Å². The van der Waals surface area contributed by atoms with Crippen LogP contribution in [0.4, 0.5) is 14.7 Å². The maximum atomic E-state index is 13.2. The number of anilines is 1. The van der Waals surface area contributed by atoms with Crippen molar-refractivity contribution in [2.24, 2.45) is 5.41 Å². The molecule has 1 spiro atoms. The summed E-state index contributed by atoms with van der Waals surface area (Å²) in [5.41, 5.74) is 2.92. The Kier molecular flexibility index (Phi) is 6.82. The summed E-state index contributed by atoms with van der Waals surface area (Å²) in [6.07, 6.45) is 12.7. The first-order chi connectivity index (χ1) is 19.3. The van der Waals surface area contributed by atoms with Crippen molar-refractivity contribution in [2.45, 2.75) is 64.3 Å². The lowest BCUT2D eigenvalue weighted by Gasteiger charge is -2.50. The maximum absolute atomic E-state index is 13.2. The Morgan fingerprint density at radius 1 is 1.18 bits per heavy atom. The van der Waals surface area contributed by atoms with Gasteiger partial charge in [-0.15, -0.1) is 0 Å². The van der Waals surface area contributed by atoms with E-state index < -0.39 is 12.7 Å². The second kappa shape index (κ2) is 10.3. The van der Waals surface area contributed by atoms with E-state index in [-0.39, 0.29) is 17.4 Å². The number of nitrogens with zero attached hydrogens (tertiary/aromatic N) is 5. The first kappa shape index (κ1) is 26.4. The van der Waals surface area contributed by atoms with E-state index in [0.717, 1.165) is 49.9 Å². The molecule has 10 heteroatoms. The van der Waals surface area contributed by atoms with Gasteiger partial charge in [-0.25, -0.2) is 14.6 Å². The number of benzene rings is 1. The van der Waals surface area contributed by atoms with Crippen LogP contribution in [0.3, 0.4) is 0 Å². The van der Waals surface area contributed by atoms with Gasteiger partial charge in [0.05, 0.1) is 23.0 Å². The Labute approximate surface area is 230 Å². The molecule has 1 aliphatic carbocycles. The van der Waals surface area contributed by atoms with Crippen LogP contribution in [0.2, 0.25) is 0 Å². The van der Waals surface area contributed by atoms with E-state index in [9.17, 15) is 18.7 Å². The SMILES string of the molecule is C=C(/C(=C\C=C/C)OC(F)F)[C@@H]1CCn2c(=O)c3ccc(-c4cnc(N5CCC6(CC5)CC(O)C6)nc4)cc3n21. The lowest BCUT2D eigenvalue weighted by molar-refractivity contribution is -0.0940. The minimum absolute atomic E-state index is 0.00175. The molecule has 0 radical (unpaired) electrons. The fraction of sp³-hybridized carbons (Fsp3) is 0.433. The normalized spacial score (nSPS) is 21.0. The molecule has 0 unspecified atom stereocenters. The zero-order chi connectivity index (χ0) is 28.0. The van der Waals surface area contributed by atoms with Gasteiger partial charge in [0.15, 0.2) is 0 Å². The van der Waals surface area contributed by atoms with Crippen LogP contribution in [0.1, 0.15) is 45.1 Å². The molecule has 1 saturated heterocycles. The lowest BCUT2D eigenvalue weighted by atomic mass is 9.61. The van der Waals surface area contributed by atoms with Gasteiger partial charge >= 0.3 is 6.61 Å². The van der Waals surface area contributed by atoms with Gasteiger partial charge in [0, 0.05) is 43.2 Å². The number of hydrogen-bond donors (Lipinski definition) is 1. The summed E-state index contributed by atoms with van der Waals surface area (Å²) < 4.78 is 34.6. The van der Waals surface area contributed by atoms with Crippen LogP contribution in [-0.4, -0.2) is 50.2 Å². The second-order valence-electron chi connectivity index (χ2n) is 11.1. The standard InChI is InChI=1S/C30H33F2N5O3/c1-3-4-5-26(40-28(31)32)19(2)24-8-11-36-27(39)23-7-6-20(14-25(23)37(24)36)21-17-33-29(34-18-21)35-12-9-30(10-13-35)15-22(38)16-30/h3-7,14,17-18,22,24,28,38H,2,8-13,15-16H2,1H3/b4-3-,26-5+/t24-/m0/s1. The van der Waals surface area contributed by atoms with Crippen LogP contribution in [0, 0.1) is 5.41 Å². The maximum Gasteiger partial charge on any atom is 0.387 e. The number of ether oxygens (including phenoxy) is 1. The predicted octanol–water partition coefficient (Wildman–Crippen LogP) is 5.20. The first-order valence-corrected chi connectivity index (χ1v) is 13.8. The Balaban J connectivity index is 1.27. The monoisotopic (exact) mass is 549 g/mol. The first-order valence-electron chi connectivity index (χ1n) is 13.8. The van der Waals surface area contributed by atoms with Crippen LogP contribution in [-0.2, 0) is 11.3 Å². The topological polar surface area (TPSA) is 85.4 Å². The highest BCUT2D eigenvalue weighted by atomic mass is 19.3. The molecule has 1 N–H and O–H groups in total. The molecule has 0 amide bonds. The van der Waals surface area contributed by atoms with Crippen LogP contribution in [0.15, 0.2) is 71.5 Å². The molecule has 1 atom stereocenters. The molecule has 6 rings (SSSR count). The van der Waals surface area contributed by atoms with E-state index in [1.54, 1.807) is 42.2 Å². The molecular formula is C30H33F2N5O3. The van der Waals surface area contributed by atoms with Crippen molar-refractivity contribution in [3.63, 3.8) is 0 Å². The van der Waals surface area contributed by atoms with Gasteiger partial charge in [-0.3, -0.25) is 9.48 Å². The molecule has 3 aliphatic rings. The van der Waals surface area contributed by atoms with Crippen molar-refractivity contribution in [2.75, 3.05) is 18.0 Å². The smallest absolute Gasteiger partial charge is 0.387 e. The number of rotatable bonds is 7. The molecule has 1 aromatic carbocycles. The number of aromatic nitrogens is 4. The molecule has 2 aromatic heterocycles. The minimum Gasteiger partial charge on any atom is -0.434 e. The van der Waals surface area contributed by atoms with E-state index >= 15 is 0 Å². The zero-order valence-electron chi connectivity index (χ0n) is 22.5. The summed E-state index contributed by atoms with van der Waals surface area (Å²) >= 11 is 0. The Morgan fingerprint density at radius 3 is 2.55 bits per heavy atom. The molecule has 8 nitrogen and oxygen atoms in total. The van der Waals surface area contributed by atoms with E-state index in [4.69, 9.17) is 4.74 Å². The molecule has 4 heterocycles.